The predicted molar refractivity (Wildman–Crippen MR) is 132 cm³/mol. The van der Waals surface area contributed by atoms with Crippen LogP contribution in [0.5, 0.6) is 0 Å². The van der Waals surface area contributed by atoms with Crippen LogP contribution in [0.1, 0.15) is 21.5 Å². The van der Waals surface area contributed by atoms with Gasteiger partial charge in [0.25, 0.3) is 15.9 Å². The van der Waals surface area contributed by atoms with Crippen LogP contribution in [0.25, 0.3) is 0 Å². The molecule has 8 nitrogen and oxygen atoms in total. The third-order valence-electron chi connectivity index (χ3n) is 5.81. The van der Waals surface area contributed by atoms with Crippen LogP contribution in [0.3, 0.4) is 0 Å². The Morgan fingerprint density at radius 2 is 1.62 bits per heavy atom. The van der Waals surface area contributed by atoms with E-state index in [9.17, 15) is 13.2 Å². The Morgan fingerprint density at radius 1 is 0.941 bits per heavy atom. The molecule has 1 aliphatic rings. The van der Waals surface area contributed by atoms with Gasteiger partial charge in [0.15, 0.2) is 0 Å². The molecule has 1 amide bonds. The van der Waals surface area contributed by atoms with Gasteiger partial charge in [-0.3, -0.25) is 19.4 Å². The first-order valence-corrected chi connectivity index (χ1v) is 12.7. The fourth-order valence-electron chi connectivity index (χ4n) is 3.81. The van der Waals surface area contributed by atoms with Gasteiger partial charge >= 0.3 is 0 Å². The van der Waals surface area contributed by atoms with E-state index in [0.29, 0.717) is 17.8 Å². The second-order valence-corrected chi connectivity index (χ2v) is 10.1. The maximum atomic E-state index is 12.6. The van der Waals surface area contributed by atoms with Crippen molar-refractivity contribution in [1.82, 2.24) is 20.1 Å². The highest BCUT2D eigenvalue weighted by Crippen LogP contribution is 2.16. The number of anilines is 1. The van der Waals surface area contributed by atoms with Crippen molar-refractivity contribution < 1.29 is 13.2 Å². The van der Waals surface area contributed by atoms with E-state index in [4.69, 9.17) is 0 Å². The highest BCUT2D eigenvalue weighted by atomic mass is 32.2. The van der Waals surface area contributed by atoms with E-state index in [2.05, 4.69) is 44.0 Å². The van der Waals surface area contributed by atoms with Crippen LogP contribution in [0.15, 0.2) is 78.0 Å². The second-order valence-electron chi connectivity index (χ2n) is 8.45. The SMILES string of the molecule is CN1CCN(Cc2cccc(CNC(=O)c3ccc(S(=O)(=O)Nc4ccncc4)cc3)c2)CC1. The molecule has 0 unspecified atom stereocenters. The van der Waals surface area contributed by atoms with Crippen molar-refractivity contribution in [3.05, 3.63) is 89.7 Å². The molecule has 3 aromatic rings. The Balaban J connectivity index is 1.33. The van der Waals surface area contributed by atoms with E-state index in [1.807, 2.05) is 12.1 Å². The minimum absolute atomic E-state index is 0.0810. The van der Waals surface area contributed by atoms with Crippen molar-refractivity contribution >= 4 is 21.6 Å². The van der Waals surface area contributed by atoms with E-state index in [0.717, 1.165) is 38.3 Å². The highest BCUT2D eigenvalue weighted by Gasteiger charge is 2.16. The van der Waals surface area contributed by atoms with Crippen LogP contribution in [-0.2, 0) is 23.1 Å². The largest absolute Gasteiger partial charge is 0.348 e. The average Bonchev–Trinajstić information content (AvgIpc) is 2.85. The summed E-state index contributed by atoms with van der Waals surface area (Å²) in [7, 11) is -1.60. The number of nitrogens with zero attached hydrogens (tertiary/aromatic N) is 3. The number of hydrogen-bond donors (Lipinski definition) is 2. The first kappa shape index (κ1) is 23.9. The highest BCUT2D eigenvalue weighted by molar-refractivity contribution is 7.92. The fourth-order valence-corrected chi connectivity index (χ4v) is 4.86. The van der Waals surface area contributed by atoms with Gasteiger partial charge in [0.1, 0.15) is 0 Å². The zero-order valence-corrected chi connectivity index (χ0v) is 20.0. The van der Waals surface area contributed by atoms with Crippen molar-refractivity contribution in [1.29, 1.82) is 0 Å². The molecule has 1 aromatic heterocycles. The number of likely N-dealkylation sites (N-methyl/N-ethyl adjacent to an activating group) is 1. The maximum Gasteiger partial charge on any atom is 0.261 e. The molecule has 178 valence electrons. The third-order valence-corrected chi connectivity index (χ3v) is 7.20. The number of nitrogens with one attached hydrogen (secondary N) is 2. The van der Waals surface area contributed by atoms with Crippen molar-refractivity contribution in [2.75, 3.05) is 37.9 Å². The van der Waals surface area contributed by atoms with Crippen LogP contribution in [0.4, 0.5) is 5.69 Å². The number of sulfonamides is 1. The smallest absolute Gasteiger partial charge is 0.261 e. The first-order valence-electron chi connectivity index (χ1n) is 11.2. The number of amides is 1. The van der Waals surface area contributed by atoms with E-state index in [1.165, 1.54) is 42.2 Å². The second kappa shape index (κ2) is 10.8. The van der Waals surface area contributed by atoms with Crippen LogP contribution >= 0.6 is 0 Å². The van der Waals surface area contributed by atoms with E-state index in [-0.39, 0.29) is 10.8 Å². The molecule has 34 heavy (non-hydrogen) atoms. The average molecular weight is 480 g/mol. The summed E-state index contributed by atoms with van der Waals surface area (Å²) < 4.78 is 27.6. The Morgan fingerprint density at radius 3 is 2.32 bits per heavy atom. The number of rotatable bonds is 8. The van der Waals surface area contributed by atoms with E-state index >= 15 is 0 Å². The fraction of sp³-hybridized carbons (Fsp3) is 0.280. The molecule has 0 spiro atoms. The van der Waals surface area contributed by atoms with Crippen LogP contribution in [0.2, 0.25) is 0 Å². The standard InChI is InChI=1S/C25H29N5O3S/c1-29-13-15-30(16-14-29)19-21-4-2-3-20(17-21)18-27-25(31)22-5-7-24(8-6-22)34(32,33)28-23-9-11-26-12-10-23/h2-12,17H,13-16,18-19H2,1H3,(H,26,28)(H,27,31). The zero-order valence-electron chi connectivity index (χ0n) is 19.1. The maximum absolute atomic E-state index is 12.6. The predicted octanol–water partition coefficient (Wildman–Crippen LogP) is 2.56. The lowest BCUT2D eigenvalue weighted by Gasteiger charge is -2.32. The van der Waals surface area contributed by atoms with E-state index < -0.39 is 10.0 Å². The van der Waals surface area contributed by atoms with Crippen molar-refractivity contribution in [3.63, 3.8) is 0 Å². The molecule has 2 aromatic carbocycles. The first-order chi connectivity index (χ1) is 16.4. The molecule has 1 aliphatic heterocycles. The minimum Gasteiger partial charge on any atom is -0.348 e. The Hall–Kier alpha value is -3.27. The molecule has 1 saturated heterocycles. The number of aromatic nitrogens is 1. The number of benzene rings is 2. The lowest BCUT2D eigenvalue weighted by Crippen LogP contribution is -2.43. The van der Waals surface area contributed by atoms with Gasteiger partial charge in [0, 0.05) is 57.2 Å². The van der Waals surface area contributed by atoms with Gasteiger partial charge in [-0.15, -0.1) is 0 Å². The number of carbonyl (C=O) groups excluding carboxylic acids is 1. The summed E-state index contributed by atoms with van der Waals surface area (Å²) in [5.74, 6) is -0.254. The van der Waals surface area contributed by atoms with Gasteiger partial charge < -0.3 is 10.2 Å². The lowest BCUT2D eigenvalue weighted by atomic mass is 10.1. The molecule has 0 saturated carbocycles. The number of hydrogen-bond acceptors (Lipinski definition) is 6. The van der Waals surface area contributed by atoms with Crippen LogP contribution in [0, 0.1) is 0 Å². The van der Waals surface area contributed by atoms with Gasteiger partial charge in [-0.25, -0.2) is 8.42 Å². The molecule has 9 heteroatoms. The number of pyridine rings is 1. The van der Waals surface area contributed by atoms with Gasteiger partial charge in [0.2, 0.25) is 0 Å². The number of carbonyl (C=O) groups is 1. The van der Waals surface area contributed by atoms with Crippen molar-refractivity contribution in [2.24, 2.45) is 0 Å². The molecule has 2 heterocycles. The van der Waals surface area contributed by atoms with E-state index in [1.54, 1.807) is 12.1 Å². The topological polar surface area (TPSA) is 94.6 Å². The van der Waals surface area contributed by atoms with Gasteiger partial charge in [-0.2, -0.15) is 0 Å². The van der Waals surface area contributed by atoms with Crippen molar-refractivity contribution in [3.8, 4) is 0 Å². The monoisotopic (exact) mass is 479 g/mol. The number of piperazine rings is 1. The summed E-state index contributed by atoms with van der Waals surface area (Å²) in [5, 5.41) is 2.92. The summed E-state index contributed by atoms with van der Waals surface area (Å²) in [4.78, 5) is 21.3. The normalized spacial score (nSPS) is 15.1. The quantitative estimate of drug-likeness (QED) is 0.516. The third kappa shape index (κ3) is 6.40. The minimum atomic E-state index is -3.75. The van der Waals surface area contributed by atoms with Crippen LogP contribution < -0.4 is 10.0 Å². The van der Waals surface area contributed by atoms with Crippen molar-refractivity contribution in [2.45, 2.75) is 18.0 Å². The Labute approximate surface area is 200 Å². The zero-order chi connectivity index (χ0) is 24.0. The summed E-state index contributed by atoms with van der Waals surface area (Å²) >= 11 is 0. The summed E-state index contributed by atoms with van der Waals surface area (Å²) in [6.45, 7) is 5.58. The van der Waals surface area contributed by atoms with Gasteiger partial charge in [-0.1, -0.05) is 24.3 Å². The van der Waals surface area contributed by atoms with Crippen LogP contribution in [-0.4, -0.2) is 62.3 Å². The molecule has 1 fully saturated rings. The Kier molecular flexibility index (Phi) is 7.56. The van der Waals surface area contributed by atoms with Gasteiger partial charge in [-0.05, 0) is 54.6 Å². The molecular weight excluding hydrogens is 450 g/mol. The molecule has 4 rings (SSSR count). The molecule has 0 atom stereocenters. The molecule has 2 N–H and O–H groups in total. The molecule has 0 radical (unpaired) electrons. The summed E-state index contributed by atoms with van der Waals surface area (Å²) in [5.41, 5.74) is 3.08. The molecular formula is C25H29N5O3S. The summed E-state index contributed by atoms with van der Waals surface area (Å²) in [6.07, 6.45) is 3.01. The molecule has 0 bridgehead atoms. The Bertz CT molecular complexity index is 1210. The lowest BCUT2D eigenvalue weighted by molar-refractivity contribution is 0.0950. The molecule has 0 aliphatic carbocycles. The summed E-state index contributed by atoms with van der Waals surface area (Å²) in [6, 6.07) is 17.3. The van der Waals surface area contributed by atoms with Gasteiger partial charge in [0.05, 0.1) is 10.6 Å².